The highest BCUT2D eigenvalue weighted by Crippen LogP contribution is 2.40. The molecule has 2 heterocycles. The predicted octanol–water partition coefficient (Wildman–Crippen LogP) is 18.1. The Morgan fingerprint density at radius 1 is 0.548 bits per heavy atom. The first kappa shape index (κ1) is 46.5. The van der Waals surface area contributed by atoms with Crippen molar-refractivity contribution in [3.63, 3.8) is 0 Å². The molecule has 0 atom stereocenters. The Hall–Kier alpha value is -8.90. The Morgan fingerprint density at radius 2 is 1.14 bits per heavy atom. The molecule has 0 saturated heterocycles. The maximum atomic E-state index is 11.1. The summed E-state index contributed by atoms with van der Waals surface area (Å²) in [5.74, 6) is 0. The monoisotopic (exact) mass is 943 g/mol. The van der Waals surface area contributed by atoms with E-state index in [1.165, 1.54) is 33.0 Å². The average Bonchev–Trinajstić information content (AvgIpc) is 3.96. The van der Waals surface area contributed by atoms with Crippen molar-refractivity contribution in [3.05, 3.63) is 234 Å². The Kier molecular flexibility index (Phi) is 11.9. The SMILES string of the molecule is C/C(=C(C#N)\C=C(/CC#N)n1c2ccccc2c2c3ccccc3ccc21)N(c1ccc(-c2ccccc2)cc1)c1ccc(-c2cccc(CC(C)(C)c3ccc4[nH]c5ccc(C(C)(C)C)cc5c4c3)c2)cc1. The number of rotatable bonds is 11. The molecule has 0 unspecified atom stereocenters. The van der Waals surface area contributed by atoms with E-state index in [-0.39, 0.29) is 17.3 Å². The van der Waals surface area contributed by atoms with Crippen LogP contribution >= 0.6 is 0 Å². The number of anilines is 2. The lowest BCUT2D eigenvalue weighted by Gasteiger charge is -2.27. The van der Waals surface area contributed by atoms with E-state index < -0.39 is 0 Å². The fourth-order valence-corrected chi connectivity index (χ4v) is 10.9. The zero-order valence-electron chi connectivity index (χ0n) is 42.3. The zero-order valence-corrected chi connectivity index (χ0v) is 42.3. The van der Waals surface area contributed by atoms with E-state index >= 15 is 0 Å². The van der Waals surface area contributed by atoms with Crippen LogP contribution in [-0.2, 0) is 17.3 Å². The van der Waals surface area contributed by atoms with Crippen molar-refractivity contribution in [2.24, 2.45) is 0 Å². The van der Waals surface area contributed by atoms with E-state index in [1.807, 2.05) is 25.1 Å². The summed E-state index contributed by atoms with van der Waals surface area (Å²) in [5, 5.41) is 28.6. The Balaban J connectivity index is 0.957. The summed E-state index contributed by atoms with van der Waals surface area (Å²) >= 11 is 0. The maximum absolute atomic E-state index is 11.1. The lowest BCUT2D eigenvalue weighted by atomic mass is 9.78. The van der Waals surface area contributed by atoms with Gasteiger partial charge in [-0.2, -0.15) is 10.5 Å². The van der Waals surface area contributed by atoms with Crippen LogP contribution in [0.3, 0.4) is 0 Å². The summed E-state index contributed by atoms with van der Waals surface area (Å²) < 4.78 is 2.17. The first-order chi connectivity index (χ1) is 35.4. The lowest BCUT2D eigenvalue weighted by molar-refractivity contribution is 0.523. The predicted molar refractivity (Wildman–Crippen MR) is 307 cm³/mol. The molecule has 0 saturated carbocycles. The van der Waals surface area contributed by atoms with Gasteiger partial charge in [-0.25, -0.2) is 0 Å². The molecular formula is C68H57N5. The summed E-state index contributed by atoms with van der Waals surface area (Å²) in [4.78, 5) is 5.81. The molecule has 0 bridgehead atoms. The van der Waals surface area contributed by atoms with Gasteiger partial charge in [0, 0.05) is 55.3 Å². The van der Waals surface area contributed by atoms with Gasteiger partial charge in [0.05, 0.1) is 29.1 Å². The van der Waals surface area contributed by atoms with E-state index in [1.54, 1.807) is 0 Å². The largest absolute Gasteiger partial charge is 0.355 e. The Labute approximate surface area is 428 Å². The third kappa shape index (κ3) is 8.75. The van der Waals surface area contributed by atoms with Gasteiger partial charge in [-0.15, -0.1) is 0 Å². The zero-order chi connectivity index (χ0) is 50.4. The lowest BCUT2D eigenvalue weighted by Crippen LogP contribution is -2.20. The van der Waals surface area contributed by atoms with Crippen LogP contribution in [0.2, 0.25) is 0 Å². The second-order valence-corrected chi connectivity index (χ2v) is 21.1. The van der Waals surface area contributed by atoms with Gasteiger partial charge in [-0.3, -0.25) is 0 Å². The molecule has 0 aliphatic carbocycles. The fourth-order valence-electron chi connectivity index (χ4n) is 10.9. The third-order valence-corrected chi connectivity index (χ3v) is 14.8. The number of para-hydroxylation sites is 1. The topological polar surface area (TPSA) is 71.5 Å². The summed E-state index contributed by atoms with van der Waals surface area (Å²) in [6, 6.07) is 76.3. The number of aromatic amines is 1. The highest BCUT2D eigenvalue weighted by Gasteiger charge is 2.24. The molecule has 5 heteroatoms. The second kappa shape index (κ2) is 18.7. The van der Waals surface area contributed by atoms with E-state index in [4.69, 9.17) is 0 Å². The number of nitriles is 2. The van der Waals surface area contributed by atoms with Gasteiger partial charge >= 0.3 is 0 Å². The molecule has 11 rings (SSSR count). The number of nitrogens with zero attached hydrogens (tertiary/aromatic N) is 4. The summed E-state index contributed by atoms with van der Waals surface area (Å²) in [7, 11) is 0. The Bertz CT molecular complexity index is 4050. The molecule has 0 spiro atoms. The van der Waals surface area contributed by atoms with Gasteiger partial charge in [-0.1, -0.05) is 174 Å². The number of fused-ring (bicyclic) bond motifs is 8. The number of benzene rings is 9. The number of hydrogen-bond acceptors (Lipinski definition) is 3. The molecule has 5 nitrogen and oxygen atoms in total. The van der Waals surface area contributed by atoms with Crippen LogP contribution in [0.15, 0.2) is 218 Å². The second-order valence-electron chi connectivity index (χ2n) is 21.1. The number of aromatic nitrogens is 2. The van der Waals surface area contributed by atoms with Crippen molar-refractivity contribution in [2.45, 2.75) is 65.2 Å². The molecule has 11 aromatic rings. The maximum Gasteiger partial charge on any atom is 0.101 e. The van der Waals surface area contributed by atoms with Crippen LogP contribution in [0.5, 0.6) is 0 Å². The van der Waals surface area contributed by atoms with E-state index in [0.29, 0.717) is 5.57 Å². The number of hydrogen-bond donors (Lipinski definition) is 1. The van der Waals surface area contributed by atoms with Crippen LogP contribution in [0.1, 0.15) is 64.7 Å². The third-order valence-electron chi connectivity index (χ3n) is 14.8. The highest BCUT2D eigenvalue weighted by molar-refractivity contribution is 6.21. The van der Waals surface area contributed by atoms with Gasteiger partial charge in [0.1, 0.15) is 6.07 Å². The quantitative estimate of drug-likeness (QED) is 0.104. The minimum absolute atomic E-state index is 0.0688. The molecule has 0 aliphatic heterocycles. The summed E-state index contributed by atoms with van der Waals surface area (Å²) in [6.45, 7) is 13.5. The normalized spacial score (nSPS) is 12.6. The van der Waals surface area contributed by atoms with Crippen molar-refractivity contribution >= 4 is 71.5 Å². The van der Waals surface area contributed by atoms with E-state index in [2.05, 4.69) is 249 Å². The van der Waals surface area contributed by atoms with Crippen molar-refractivity contribution in [1.29, 1.82) is 10.5 Å². The van der Waals surface area contributed by atoms with Crippen molar-refractivity contribution in [3.8, 4) is 34.4 Å². The molecule has 354 valence electrons. The van der Waals surface area contributed by atoms with Crippen LogP contribution in [0.4, 0.5) is 11.4 Å². The van der Waals surface area contributed by atoms with Gasteiger partial charge in [0.15, 0.2) is 0 Å². The van der Waals surface area contributed by atoms with E-state index in [9.17, 15) is 10.5 Å². The van der Waals surface area contributed by atoms with Crippen molar-refractivity contribution in [1.82, 2.24) is 9.55 Å². The van der Waals surface area contributed by atoms with Crippen LogP contribution in [0, 0.1) is 22.7 Å². The number of nitrogens with one attached hydrogen (secondary N) is 1. The molecule has 0 amide bonds. The van der Waals surface area contributed by atoms with Gasteiger partial charge < -0.3 is 14.5 Å². The standard InChI is InChI=1S/C68H57N5/c1-45(52(44-70)40-57(37-38-69)73-64-22-13-12-21-59(64)66-58-20-11-10-18-50(58)27-36-65(66)73)72(55-30-23-48(24-31-55)47-16-8-7-9-17-47)56-32-25-49(26-33-56)51-19-14-15-46(39-51)43-68(5,6)54-29-35-63-61(42-54)60-41-53(67(2,3)4)28-34-62(60)71-63/h7-36,39-42,71H,37,43H2,1-6H3/b52-45-,57-40+. The highest BCUT2D eigenvalue weighted by atomic mass is 15.1. The molecule has 73 heavy (non-hydrogen) atoms. The smallest absolute Gasteiger partial charge is 0.101 e. The van der Waals surface area contributed by atoms with Gasteiger partial charge in [0.25, 0.3) is 0 Å². The first-order valence-electron chi connectivity index (χ1n) is 25.2. The molecule has 0 radical (unpaired) electrons. The Morgan fingerprint density at radius 3 is 1.81 bits per heavy atom. The van der Waals surface area contributed by atoms with Crippen molar-refractivity contribution in [2.75, 3.05) is 4.90 Å². The van der Waals surface area contributed by atoms with Crippen molar-refractivity contribution < 1.29 is 0 Å². The van der Waals surface area contributed by atoms with Crippen LogP contribution < -0.4 is 4.90 Å². The molecule has 2 aromatic heterocycles. The minimum Gasteiger partial charge on any atom is -0.355 e. The number of allylic oxidation sites excluding steroid dienone is 4. The van der Waals surface area contributed by atoms with Gasteiger partial charge in [-0.05, 0) is 141 Å². The molecule has 0 fully saturated rings. The van der Waals surface area contributed by atoms with E-state index in [0.717, 1.165) is 89.5 Å². The van der Waals surface area contributed by atoms with Gasteiger partial charge in [0.2, 0.25) is 0 Å². The number of H-pyrrole nitrogens is 1. The fraction of sp³-hybridized carbons (Fsp3) is 0.147. The van der Waals surface area contributed by atoms with Crippen LogP contribution in [-0.4, -0.2) is 9.55 Å². The average molecular weight is 944 g/mol. The molecule has 0 aliphatic rings. The molecule has 1 N–H and O–H groups in total. The molecule has 9 aromatic carbocycles. The van der Waals surface area contributed by atoms with Crippen LogP contribution in [0.25, 0.3) is 82.3 Å². The summed E-state index contributed by atoms with van der Waals surface area (Å²) in [5.41, 5.74) is 16.4. The first-order valence-corrected chi connectivity index (χ1v) is 25.2. The minimum atomic E-state index is -0.127. The summed E-state index contributed by atoms with van der Waals surface area (Å²) in [6.07, 6.45) is 2.89. The molecular weight excluding hydrogens is 887 g/mol.